The maximum Gasteiger partial charge on any atom is 0.241 e. The minimum Gasteiger partial charge on any atom is -0.490 e. The Labute approximate surface area is 178 Å². The van der Waals surface area contributed by atoms with E-state index in [1.54, 1.807) is 0 Å². The number of rotatable bonds is 4. The lowest BCUT2D eigenvalue weighted by Gasteiger charge is -2.30. The van der Waals surface area contributed by atoms with Crippen molar-refractivity contribution in [2.75, 3.05) is 25.1 Å². The lowest BCUT2D eigenvalue weighted by atomic mass is 10.0. The van der Waals surface area contributed by atoms with Crippen molar-refractivity contribution in [3.8, 4) is 11.5 Å². The van der Waals surface area contributed by atoms with Crippen molar-refractivity contribution < 1.29 is 14.3 Å². The van der Waals surface area contributed by atoms with Gasteiger partial charge in [0.1, 0.15) is 0 Å². The summed E-state index contributed by atoms with van der Waals surface area (Å²) in [5, 5.41) is 3.15. The van der Waals surface area contributed by atoms with Crippen LogP contribution in [0.25, 0.3) is 0 Å². The van der Waals surface area contributed by atoms with E-state index in [4.69, 9.17) is 9.47 Å². The second-order valence-corrected chi connectivity index (χ2v) is 8.65. The molecule has 30 heavy (non-hydrogen) atoms. The van der Waals surface area contributed by atoms with Crippen LogP contribution in [0.15, 0.2) is 36.4 Å². The molecule has 1 fully saturated rings. The van der Waals surface area contributed by atoms with Crippen molar-refractivity contribution in [2.45, 2.75) is 57.5 Å². The highest BCUT2D eigenvalue weighted by Crippen LogP contribution is 2.39. The molecule has 0 bridgehead atoms. The third kappa shape index (κ3) is 3.79. The second-order valence-electron chi connectivity index (χ2n) is 8.65. The molecule has 0 radical (unpaired) electrons. The molecule has 2 aromatic rings. The fraction of sp³-hybridized carbons (Fsp3) is 0.480. The molecule has 1 amide bonds. The fourth-order valence-electron chi connectivity index (χ4n) is 5.04. The summed E-state index contributed by atoms with van der Waals surface area (Å²) in [4.78, 5) is 15.4. The SMILES string of the molecule is C[C@H](C(=O)Nc1ccc2c(c1)CCC2)N1CCC[C@@H]1c1ccc2c(c1)OCCCO2. The summed E-state index contributed by atoms with van der Waals surface area (Å²) < 4.78 is 11.7. The lowest BCUT2D eigenvalue weighted by Crippen LogP contribution is -2.41. The maximum atomic E-state index is 13.1. The Morgan fingerprint density at radius 1 is 1.00 bits per heavy atom. The summed E-state index contributed by atoms with van der Waals surface area (Å²) in [5.74, 6) is 1.71. The van der Waals surface area contributed by atoms with E-state index in [1.807, 2.05) is 19.1 Å². The van der Waals surface area contributed by atoms with E-state index in [1.165, 1.54) is 23.1 Å². The van der Waals surface area contributed by atoms with Gasteiger partial charge < -0.3 is 14.8 Å². The number of anilines is 1. The Hall–Kier alpha value is -2.53. The molecule has 1 saturated heterocycles. The number of nitrogens with zero attached hydrogens (tertiary/aromatic N) is 1. The molecule has 3 aliphatic rings. The first-order valence-electron chi connectivity index (χ1n) is 11.3. The average molecular weight is 407 g/mol. The third-order valence-corrected chi connectivity index (χ3v) is 6.69. The van der Waals surface area contributed by atoms with Crippen molar-refractivity contribution in [1.29, 1.82) is 0 Å². The number of amides is 1. The van der Waals surface area contributed by atoms with Gasteiger partial charge in [0.05, 0.1) is 19.3 Å². The first-order valence-corrected chi connectivity index (χ1v) is 11.3. The number of likely N-dealkylation sites (tertiary alicyclic amines) is 1. The number of benzene rings is 2. The average Bonchev–Trinajstić information content (AvgIpc) is 3.37. The minimum atomic E-state index is -0.193. The number of nitrogens with one attached hydrogen (secondary N) is 1. The topological polar surface area (TPSA) is 50.8 Å². The Bertz CT molecular complexity index is 942. The summed E-state index contributed by atoms with van der Waals surface area (Å²) in [6.45, 7) is 4.33. The van der Waals surface area contributed by atoms with Crippen LogP contribution in [0, 0.1) is 0 Å². The number of hydrogen-bond acceptors (Lipinski definition) is 4. The summed E-state index contributed by atoms with van der Waals surface area (Å²) in [5.41, 5.74) is 4.93. The van der Waals surface area contributed by atoms with E-state index in [9.17, 15) is 4.79 Å². The van der Waals surface area contributed by atoms with Gasteiger partial charge in [-0.25, -0.2) is 0 Å². The summed E-state index contributed by atoms with van der Waals surface area (Å²) in [6, 6.07) is 12.6. The number of carbonyl (C=O) groups excluding carboxylic acids is 1. The monoisotopic (exact) mass is 406 g/mol. The molecule has 0 saturated carbocycles. The van der Waals surface area contributed by atoms with Crippen LogP contribution in [0.3, 0.4) is 0 Å². The maximum absolute atomic E-state index is 13.1. The van der Waals surface area contributed by atoms with E-state index in [0.29, 0.717) is 13.2 Å². The van der Waals surface area contributed by atoms with Gasteiger partial charge >= 0.3 is 0 Å². The summed E-state index contributed by atoms with van der Waals surface area (Å²) in [6.07, 6.45) is 6.54. The zero-order valence-corrected chi connectivity index (χ0v) is 17.7. The quantitative estimate of drug-likeness (QED) is 0.812. The standard InChI is InChI=1S/C25H30N2O3/c1-17(25(28)26-21-10-8-18-5-2-6-19(18)15-21)27-12-3-7-22(27)20-9-11-23-24(16-20)30-14-4-13-29-23/h8-11,15-17,22H,2-7,12-14H2,1H3,(H,26,28)/t17-,22-/m1/s1. The first kappa shape index (κ1) is 19.4. The van der Waals surface area contributed by atoms with Gasteiger partial charge in [-0.2, -0.15) is 0 Å². The highest BCUT2D eigenvalue weighted by atomic mass is 16.5. The molecule has 0 spiro atoms. The van der Waals surface area contributed by atoms with Crippen LogP contribution in [-0.2, 0) is 17.6 Å². The van der Waals surface area contributed by atoms with Gasteiger partial charge in [0.15, 0.2) is 11.5 Å². The van der Waals surface area contributed by atoms with E-state index in [-0.39, 0.29) is 18.0 Å². The zero-order chi connectivity index (χ0) is 20.5. The van der Waals surface area contributed by atoms with Crippen molar-refractivity contribution >= 4 is 11.6 Å². The smallest absolute Gasteiger partial charge is 0.241 e. The van der Waals surface area contributed by atoms with Crippen molar-refractivity contribution in [2.24, 2.45) is 0 Å². The van der Waals surface area contributed by atoms with Crippen LogP contribution in [0.5, 0.6) is 11.5 Å². The zero-order valence-electron chi connectivity index (χ0n) is 17.7. The Morgan fingerprint density at radius 3 is 2.73 bits per heavy atom. The summed E-state index contributed by atoms with van der Waals surface area (Å²) in [7, 11) is 0. The Morgan fingerprint density at radius 2 is 1.83 bits per heavy atom. The molecule has 2 aromatic carbocycles. The molecule has 0 aromatic heterocycles. The van der Waals surface area contributed by atoms with E-state index < -0.39 is 0 Å². The molecule has 5 heteroatoms. The van der Waals surface area contributed by atoms with Crippen molar-refractivity contribution in [3.63, 3.8) is 0 Å². The molecule has 158 valence electrons. The molecule has 1 aliphatic carbocycles. The van der Waals surface area contributed by atoms with Gasteiger partial charge in [0.2, 0.25) is 5.91 Å². The highest BCUT2D eigenvalue weighted by molar-refractivity contribution is 5.94. The second kappa shape index (κ2) is 8.31. The molecular weight excluding hydrogens is 376 g/mol. The van der Waals surface area contributed by atoms with Gasteiger partial charge in [0, 0.05) is 18.2 Å². The Kier molecular flexibility index (Phi) is 5.38. The fourth-order valence-corrected chi connectivity index (χ4v) is 5.04. The molecule has 2 aliphatic heterocycles. The number of fused-ring (bicyclic) bond motifs is 2. The summed E-state index contributed by atoms with van der Waals surface area (Å²) >= 11 is 0. The third-order valence-electron chi connectivity index (χ3n) is 6.69. The van der Waals surface area contributed by atoms with Gasteiger partial charge in [-0.05, 0) is 86.5 Å². The lowest BCUT2D eigenvalue weighted by molar-refractivity contribution is -0.121. The Balaban J connectivity index is 1.30. The largest absolute Gasteiger partial charge is 0.490 e. The first-order chi connectivity index (χ1) is 14.7. The van der Waals surface area contributed by atoms with Crippen molar-refractivity contribution in [1.82, 2.24) is 4.90 Å². The molecule has 2 heterocycles. The van der Waals surface area contributed by atoms with Crippen LogP contribution in [-0.4, -0.2) is 36.6 Å². The van der Waals surface area contributed by atoms with Crippen LogP contribution >= 0.6 is 0 Å². The van der Waals surface area contributed by atoms with Crippen LogP contribution in [0.1, 0.15) is 55.3 Å². The predicted molar refractivity (Wildman–Crippen MR) is 117 cm³/mol. The van der Waals surface area contributed by atoms with Gasteiger partial charge in [-0.15, -0.1) is 0 Å². The van der Waals surface area contributed by atoms with E-state index >= 15 is 0 Å². The van der Waals surface area contributed by atoms with E-state index in [0.717, 1.165) is 55.8 Å². The minimum absolute atomic E-state index is 0.0641. The van der Waals surface area contributed by atoms with Gasteiger partial charge in [0.25, 0.3) is 0 Å². The van der Waals surface area contributed by atoms with Crippen LogP contribution in [0.2, 0.25) is 0 Å². The van der Waals surface area contributed by atoms with Crippen molar-refractivity contribution in [3.05, 3.63) is 53.1 Å². The predicted octanol–water partition coefficient (Wildman–Crippen LogP) is 4.50. The molecule has 0 unspecified atom stereocenters. The van der Waals surface area contributed by atoms with E-state index in [2.05, 4.69) is 34.5 Å². The highest BCUT2D eigenvalue weighted by Gasteiger charge is 2.33. The normalized spacial score (nSPS) is 21.7. The van der Waals surface area contributed by atoms with Crippen LogP contribution < -0.4 is 14.8 Å². The number of carbonyl (C=O) groups is 1. The van der Waals surface area contributed by atoms with Crippen LogP contribution in [0.4, 0.5) is 5.69 Å². The van der Waals surface area contributed by atoms with Gasteiger partial charge in [-0.1, -0.05) is 12.1 Å². The van der Waals surface area contributed by atoms with Gasteiger partial charge in [-0.3, -0.25) is 9.69 Å². The molecule has 5 nitrogen and oxygen atoms in total. The molecule has 5 rings (SSSR count). The number of ether oxygens (including phenoxy) is 2. The molecule has 2 atom stereocenters. The number of hydrogen-bond donors (Lipinski definition) is 1. The molecular formula is C25H30N2O3. The molecule has 1 N–H and O–H groups in total. The number of aryl methyl sites for hydroxylation is 2.